The van der Waals surface area contributed by atoms with Crippen LogP contribution in [0.15, 0.2) is 24.3 Å². The highest BCUT2D eigenvalue weighted by Gasteiger charge is 2.32. The Balaban J connectivity index is 2.03. The van der Waals surface area contributed by atoms with E-state index in [0.29, 0.717) is 5.92 Å². The molecule has 0 amide bonds. The molecule has 1 aromatic rings. The van der Waals surface area contributed by atoms with Crippen molar-refractivity contribution in [3.63, 3.8) is 0 Å². The third-order valence-electron chi connectivity index (χ3n) is 3.06. The normalized spacial score (nSPS) is 17.2. The second-order valence-electron chi connectivity index (χ2n) is 4.39. The Morgan fingerprint density at radius 2 is 1.94 bits per heavy atom. The van der Waals surface area contributed by atoms with Gasteiger partial charge in [0.2, 0.25) is 0 Å². The highest BCUT2D eigenvalue weighted by atomic mass is 19.3. The van der Waals surface area contributed by atoms with Gasteiger partial charge in [0.05, 0.1) is 13.7 Å². The lowest BCUT2D eigenvalue weighted by atomic mass is 10.0. The van der Waals surface area contributed by atoms with Gasteiger partial charge in [0, 0.05) is 6.04 Å². The Kier molecular flexibility index (Phi) is 3.94. The summed E-state index contributed by atoms with van der Waals surface area (Å²) in [5, 5.41) is 2.94. The number of hydrogen-bond donors (Lipinski definition) is 1. The molecule has 1 aliphatic carbocycles. The maximum absolute atomic E-state index is 12.2. The number of alkyl halides is 2. The van der Waals surface area contributed by atoms with Gasteiger partial charge >= 0.3 is 0 Å². The summed E-state index contributed by atoms with van der Waals surface area (Å²) < 4.78 is 29.5. The van der Waals surface area contributed by atoms with Crippen molar-refractivity contribution in [1.82, 2.24) is 5.32 Å². The number of nitrogens with one attached hydrogen (secondary N) is 1. The van der Waals surface area contributed by atoms with Crippen LogP contribution in [0.25, 0.3) is 0 Å². The van der Waals surface area contributed by atoms with E-state index in [2.05, 4.69) is 5.32 Å². The molecule has 1 saturated carbocycles. The Morgan fingerprint density at radius 1 is 1.29 bits per heavy atom. The van der Waals surface area contributed by atoms with Crippen molar-refractivity contribution in [1.29, 1.82) is 0 Å². The molecule has 0 heterocycles. The number of halogens is 2. The summed E-state index contributed by atoms with van der Waals surface area (Å²) in [5.74, 6) is 1.29. The zero-order chi connectivity index (χ0) is 12.3. The predicted molar refractivity (Wildman–Crippen MR) is 62.5 cm³/mol. The molecule has 0 saturated heterocycles. The zero-order valence-electron chi connectivity index (χ0n) is 9.83. The molecule has 1 atom stereocenters. The van der Waals surface area contributed by atoms with E-state index in [4.69, 9.17) is 4.74 Å². The standard InChI is InChI=1S/C13H17F2NO/c1-17-11-6-4-10(5-7-11)13(9-2-3-9)16-8-12(14)15/h4-7,9,12-13,16H,2-3,8H2,1H3. The van der Waals surface area contributed by atoms with Crippen LogP contribution in [0.3, 0.4) is 0 Å². The Hall–Kier alpha value is -1.16. The summed E-state index contributed by atoms with van der Waals surface area (Å²) in [4.78, 5) is 0. The molecule has 4 heteroatoms. The summed E-state index contributed by atoms with van der Waals surface area (Å²) >= 11 is 0. The molecule has 0 spiro atoms. The van der Waals surface area contributed by atoms with Crippen molar-refractivity contribution in [3.8, 4) is 5.75 Å². The monoisotopic (exact) mass is 241 g/mol. The first kappa shape index (κ1) is 12.3. The van der Waals surface area contributed by atoms with Crippen molar-refractivity contribution in [2.75, 3.05) is 13.7 Å². The van der Waals surface area contributed by atoms with Gasteiger partial charge in [0.1, 0.15) is 5.75 Å². The molecule has 1 fully saturated rings. The van der Waals surface area contributed by atoms with Gasteiger partial charge in [-0.2, -0.15) is 0 Å². The average molecular weight is 241 g/mol. The number of ether oxygens (including phenoxy) is 1. The van der Waals surface area contributed by atoms with Crippen LogP contribution < -0.4 is 10.1 Å². The fourth-order valence-corrected chi connectivity index (χ4v) is 2.01. The SMILES string of the molecule is COc1ccc(C(NCC(F)F)C2CC2)cc1. The van der Waals surface area contributed by atoms with Crippen molar-refractivity contribution >= 4 is 0 Å². The Labute approximate surface area is 100.0 Å². The lowest BCUT2D eigenvalue weighted by molar-refractivity contribution is 0.139. The third-order valence-corrected chi connectivity index (χ3v) is 3.06. The molecule has 94 valence electrons. The molecule has 1 N–H and O–H groups in total. The highest BCUT2D eigenvalue weighted by molar-refractivity contribution is 5.30. The van der Waals surface area contributed by atoms with Gasteiger partial charge in [0.25, 0.3) is 6.43 Å². The second-order valence-corrected chi connectivity index (χ2v) is 4.39. The molecule has 0 radical (unpaired) electrons. The van der Waals surface area contributed by atoms with Crippen molar-refractivity contribution in [3.05, 3.63) is 29.8 Å². The summed E-state index contributed by atoms with van der Waals surface area (Å²) in [7, 11) is 1.61. The lowest BCUT2D eigenvalue weighted by Crippen LogP contribution is -2.27. The molecule has 2 nitrogen and oxygen atoms in total. The number of methoxy groups -OCH3 is 1. The van der Waals surface area contributed by atoms with Crippen molar-refractivity contribution in [2.24, 2.45) is 5.92 Å². The molecule has 0 aliphatic heterocycles. The fourth-order valence-electron chi connectivity index (χ4n) is 2.01. The quantitative estimate of drug-likeness (QED) is 0.826. The van der Waals surface area contributed by atoms with Gasteiger partial charge < -0.3 is 10.1 Å². The van der Waals surface area contributed by atoms with E-state index < -0.39 is 6.43 Å². The van der Waals surface area contributed by atoms with E-state index in [-0.39, 0.29) is 12.6 Å². The van der Waals surface area contributed by atoms with Crippen LogP contribution in [0, 0.1) is 5.92 Å². The van der Waals surface area contributed by atoms with Gasteiger partial charge in [-0.05, 0) is 36.5 Å². The van der Waals surface area contributed by atoms with Crippen LogP contribution in [-0.4, -0.2) is 20.1 Å². The summed E-state index contributed by atoms with van der Waals surface area (Å²) in [6.45, 7) is -0.243. The Bertz CT molecular complexity index is 349. The molecule has 2 rings (SSSR count). The predicted octanol–water partition coefficient (Wildman–Crippen LogP) is 3.00. The van der Waals surface area contributed by atoms with Gasteiger partial charge in [-0.3, -0.25) is 0 Å². The van der Waals surface area contributed by atoms with Crippen molar-refractivity contribution in [2.45, 2.75) is 25.3 Å². The van der Waals surface area contributed by atoms with E-state index in [9.17, 15) is 8.78 Å². The van der Waals surface area contributed by atoms with Crippen LogP contribution in [0.2, 0.25) is 0 Å². The minimum atomic E-state index is -2.30. The summed E-state index contributed by atoms with van der Waals surface area (Å²) in [6.07, 6.45) is -0.0608. The Morgan fingerprint density at radius 3 is 2.41 bits per heavy atom. The zero-order valence-corrected chi connectivity index (χ0v) is 9.83. The maximum atomic E-state index is 12.2. The minimum Gasteiger partial charge on any atom is -0.497 e. The van der Waals surface area contributed by atoms with Gasteiger partial charge in [-0.15, -0.1) is 0 Å². The van der Waals surface area contributed by atoms with E-state index in [0.717, 1.165) is 24.2 Å². The van der Waals surface area contributed by atoms with Crippen LogP contribution in [0.5, 0.6) is 5.75 Å². The number of benzene rings is 1. The minimum absolute atomic E-state index is 0.0508. The third kappa shape index (κ3) is 3.40. The first-order chi connectivity index (χ1) is 8.20. The van der Waals surface area contributed by atoms with Gasteiger partial charge in [0.15, 0.2) is 0 Å². The first-order valence-corrected chi connectivity index (χ1v) is 5.86. The highest BCUT2D eigenvalue weighted by Crippen LogP contribution is 2.41. The fraction of sp³-hybridized carbons (Fsp3) is 0.538. The molecule has 17 heavy (non-hydrogen) atoms. The molecular formula is C13H17F2NO. The second kappa shape index (κ2) is 5.45. The van der Waals surface area contributed by atoms with E-state index in [1.165, 1.54) is 0 Å². The molecular weight excluding hydrogens is 224 g/mol. The van der Waals surface area contributed by atoms with Crippen LogP contribution in [0.1, 0.15) is 24.4 Å². The van der Waals surface area contributed by atoms with Gasteiger partial charge in [-0.1, -0.05) is 12.1 Å². The first-order valence-electron chi connectivity index (χ1n) is 5.86. The van der Waals surface area contributed by atoms with Gasteiger partial charge in [-0.25, -0.2) is 8.78 Å². The molecule has 1 unspecified atom stereocenters. The van der Waals surface area contributed by atoms with E-state index in [1.54, 1.807) is 7.11 Å². The summed E-state index contributed by atoms with van der Waals surface area (Å²) in [5.41, 5.74) is 1.06. The topological polar surface area (TPSA) is 21.3 Å². The molecule has 0 aromatic heterocycles. The van der Waals surface area contributed by atoms with E-state index >= 15 is 0 Å². The summed E-state index contributed by atoms with van der Waals surface area (Å²) in [6, 6.07) is 7.68. The van der Waals surface area contributed by atoms with Crippen LogP contribution in [0.4, 0.5) is 8.78 Å². The van der Waals surface area contributed by atoms with Crippen LogP contribution >= 0.6 is 0 Å². The lowest BCUT2D eigenvalue weighted by Gasteiger charge is -2.18. The molecule has 0 bridgehead atoms. The largest absolute Gasteiger partial charge is 0.497 e. The number of hydrogen-bond acceptors (Lipinski definition) is 2. The maximum Gasteiger partial charge on any atom is 0.250 e. The van der Waals surface area contributed by atoms with Crippen LogP contribution in [-0.2, 0) is 0 Å². The van der Waals surface area contributed by atoms with Crippen molar-refractivity contribution < 1.29 is 13.5 Å². The molecule has 1 aromatic carbocycles. The smallest absolute Gasteiger partial charge is 0.250 e. The molecule has 1 aliphatic rings. The van der Waals surface area contributed by atoms with E-state index in [1.807, 2.05) is 24.3 Å². The average Bonchev–Trinajstić information content (AvgIpc) is 3.14. The number of rotatable bonds is 6.